The molecule has 1 heteroatoms. The SMILES string of the molecule is CC1(C)c2ccccc2-c2cc3c(cc21)-c1cccc(N(c2ccc(-c4ccccc4)cc2)c2ccc(-c4ccccc4)cc2)c1C3(C)C. The molecule has 0 heterocycles. The van der Waals surface area contributed by atoms with Gasteiger partial charge in [0.1, 0.15) is 0 Å². The van der Waals surface area contributed by atoms with Gasteiger partial charge in [0.2, 0.25) is 0 Å². The van der Waals surface area contributed by atoms with Crippen molar-refractivity contribution in [1.29, 1.82) is 0 Å². The van der Waals surface area contributed by atoms with Crippen LogP contribution < -0.4 is 4.90 Å². The normalized spacial score (nSPS) is 14.4. The maximum atomic E-state index is 2.51. The van der Waals surface area contributed by atoms with Crippen LogP contribution in [0.2, 0.25) is 0 Å². The van der Waals surface area contributed by atoms with E-state index in [-0.39, 0.29) is 10.8 Å². The summed E-state index contributed by atoms with van der Waals surface area (Å²) in [5.74, 6) is 0. The molecule has 0 fully saturated rings. The summed E-state index contributed by atoms with van der Waals surface area (Å²) in [5, 5.41) is 0. The molecule has 0 bridgehead atoms. The van der Waals surface area contributed by atoms with Gasteiger partial charge < -0.3 is 4.90 Å². The molecular weight excluding hydrogens is 591 g/mol. The maximum absolute atomic E-state index is 2.51. The topological polar surface area (TPSA) is 3.24 Å². The third-order valence-corrected chi connectivity index (χ3v) is 11.1. The van der Waals surface area contributed by atoms with E-state index in [1.165, 1.54) is 72.4 Å². The fourth-order valence-electron chi connectivity index (χ4n) is 8.52. The van der Waals surface area contributed by atoms with Crippen LogP contribution >= 0.6 is 0 Å². The molecule has 0 saturated heterocycles. The van der Waals surface area contributed by atoms with E-state index in [9.17, 15) is 0 Å². The third-order valence-electron chi connectivity index (χ3n) is 11.1. The molecule has 1 nitrogen and oxygen atoms in total. The van der Waals surface area contributed by atoms with Crippen molar-refractivity contribution in [2.45, 2.75) is 38.5 Å². The van der Waals surface area contributed by atoms with Crippen LogP contribution in [0.4, 0.5) is 17.1 Å². The van der Waals surface area contributed by atoms with Crippen LogP contribution in [0.1, 0.15) is 49.9 Å². The molecule has 2 aliphatic rings. The number of fused-ring (bicyclic) bond motifs is 6. The van der Waals surface area contributed by atoms with Gasteiger partial charge in [-0.1, -0.05) is 149 Å². The highest BCUT2D eigenvalue weighted by molar-refractivity contribution is 5.94. The van der Waals surface area contributed by atoms with Gasteiger partial charge in [-0.05, 0) is 109 Å². The van der Waals surface area contributed by atoms with Gasteiger partial charge in [0.05, 0.1) is 5.69 Å². The van der Waals surface area contributed by atoms with Gasteiger partial charge in [0.15, 0.2) is 0 Å². The Balaban J connectivity index is 1.22. The van der Waals surface area contributed by atoms with E-state index in [1.807, 2.05) is 0 Å². The van der Waals surface area contributed by atoms with E-state index in [0.29, 0.717) is 0 Å². The summed E-state index contributed by atoms with van der Waals surface area (Å²) in [6.45, 7) is 9.58. The second-order valence-corrected chi connectivity index (χ2v) is 14.6. The lowest BCUT2D eigenvalue weighted by atomic mass is 9.79. The lowest BCUT2D eigenvalue weighted by molar-refractivity contribution is 0.652. The van der Waals surface area contributed by atoms with Crippen molar-refractivity contribution in [2.24, 2.45) is 0 Å². The largest absolute Gasteiger partial charge is 0.310 e. The monoisotopic (exact) mass is 629 g/mol. The van der Waals surface area contributed by atoms with E-state index >= 15 is 0 Å². The second-order valence-electron chi connectivity index (χ2n) is 14.6. The molecular formula is C48H39N. The molecule has 7 aromatic rings. The van der Waals surface area contributed by atoms with Gasteiger partial charge in [0.25, 0.3) is 0 Å². The van der Waals surface area contributed by atoms with Crippen molar-refractivity contribution < 1.29 is 0 Å². The Morgan fingerprint density at radius 2 is 0.796 bits per heavy atom. The molecule has 0 N–H and O–H groups in total. The zero-order valence-corrected chi connectivity index (χ0v) is 28.5. The van der Waals surface area contributed by atoms with Gasteiger partial charge in [-0.15, -0.1) is 0 Å². The zero-order chi connectivity index (χ0) is 33.3. The Morgan fingerprint density at radius 1 is 0.347 bits per heavy atom. The summed E-state index contributed by atoms with van der Waals surface area (Å²) in [6.07, 6.45) is 0. The highest BCUT2D eigenvalue weighted by Gasteiger charge is 2.43. The van der Waals surface area contributed by atoms with Crippen molar-refractivity contribution >= 4 is 17.1 Å². The van der Waals surface area contributed by atoms with Gasteiger partial charge >= 0.3 is 0 Å². The number of benzene rings is 7. The first-order chi connectivity index (χ1) is 23.8. The number of nitrogens with zero attached hydrogens (tertiary/aromatic N) is 1. The highest BCUT2D eigenvalue weighted by Crippen LogP contribution is 2.58. The average Bonchev–Trinajstić information content (AvgIpc) is 3.52. The molecule has 236 valence electrons. The fourth-order valence-corrected chi connectivity index (χ4v) is 8.52. The molecule has 0 spiro atoms. The molecule has 0 saturated carbocycles. The zero-order valence-electron chi connectivity index (χ0n) is 28.5. The molecule has 49 heavy (non-hydrogen) atoms. The minimum Gasteiger partial charge on any atom is -0.310 e. The number of anilines is 3. The van der Waals surface area contributed by atoms with Crippen LogP contribution in [-0.2, 0) is 10.8 Å². The summed E-state index contributed by atoms with van der Waals surface area (Å²) < 4.78 is 0. The van der Waals surface area contributed by atoms with Crippen LogP contribution in [-0.4, -0.2) is 0 Å². The minimum atomic E-state index is -0.204. The fraction of sp³-hybridized carbons (Fsp3) is 0.125. The summed E-state index contributed by atoms with van der Waals surface area (Å²) in [7, 11) is 0. The van der Waals surface area contributed by atoms with Crippen LogP contribution in [0, 0.1) is 0 Å². The number of rotatable bonds is 5. The second kappa shape index (κ2) is 10.9. The first-order valence-electron chi connectivity index (χ1n) is 17.4. The molecule has 0 aliphatic heterocycles. The van der Waals surface area contributed by atoms with Crippen molar-refractivity contribution in [3.8, 4) is 44.5 Å². The Morgan fingerprint density at radius 3 is 1.37 bits per heavy atom. The Bertz CT molecular complexity index is 2260. The summed E-state index contributed by atoms with van der Waals surface area (Å²) in [4.78, 5) is 2.46. The molecule has 0 unspecified atom stereocenters. The van der Waals surface area contributed by atoms with Crippen LogP contribution in [0.15, 0.2) is 164 Å². The van der Waals surface area contributed by atoms with Gasteiger partial charge in [-0.25, -0.2) is 0 Å². The first kappa shape index (κ1) is 29.5. The molecule has 9 rings (SSSR count). The van der Waals surface area contributed by atoms with E-state index in [1.54, 1.807) is 0 Å². The van der Waals surface area contributed by atoms with Crippen LogP contribution in [0.25, 0.3) is 44.5 Å². The minimum absolute atomic E-state index is 0.0432. The van der Waals surface area contributed by atoms with Crippen molar-refractivity contribution in [1.82, 2.24) is 0 Å². The molecule has 0 radical (unpaired) electrons. The third kappa shape index (κ3) is 4.53. The molecule has 0 aromatic heterocycles. The Kier molecular flexibility index (Phi) is 6.58. The van der Waals surface area contributed by atoms with Gasteiger partial charge in [-0.2, -0.15) is 0 Å². The van der Waals surface area contributed by atoms with E-state index in [0.717, 1.165) is 11.4 Å². The number of hydrogen-bond acceptors (Lipinski definition) is 1. The van der Waals surface area contributed by atoms with Crippen molar-refractivity contribution in [3.63, 3.8) is 0 Å². The predicted octanol–water partition coefficient (Wildman–Crippen LogP) is 13.1. The Labute approximate surface area is 290 Å². The predicted molar refractivity (Wildman–Crippen MR) is 207 cm³/mol. The smallest absolute Gasteiger partial charge is 0.0508 e. The first-order valence-corrected chi connectivity index (χ1v) is 17.4. The van der Waals surface area contributed by atoms with Crippen molar-refractivity contribution in [3.05, 3.63) is 186 Å². The standard InChI is InChI=1S/C48H39N/c1-47(2)42-20-12-11-18-38(42)40-30-44-41(31-43(40)47)39-19-13-21-45(46(39)48(44,3)4)49(36-26-22-34(23-27-36)32-14-7-5-8-15-32)37-28-24-35(25-29-37)33-16-9-6-10-17-33/h5-31H,1-4H3. The molecule has 0 amide bonds. The van der Waals surface area contributed by atoms with E-state index in [4.69, 9.17) is 0 Å². The quantitative estimate of drug-likeness (QED) is 0.183. The summed E-state index contributed by atoms with van der Waals surface area (Å²) >= 11 is 0. The number of hydrogen-bond donors (Lipinski definition) is 0. The summed E-state index contributed by atoms with van der Waals surface area (Å²) in [5.41, 5.74) is 19.2. The van der Waals surface area contributed by atoms with Crippen molar-refractivity contribution in [2.75, 3.05) is 4.90 Å². The highest BCUT2D eigenvalue weighted by atomic mass is 15.1. The maximum Gasteiger partial charge on any atom is 0.0508 e. The van der Waals surface area contributed by atoms with Crippen LogP contribution in [0.5, 0.6) is 0 Å². The van der Waals surface area contributed by atoms with Gasteiger partial charge in [-0.3, -0.25) is 0 Å². The molecule has 7 aromatic carbocycles. The summed E-state index contributed by atoms with van der Waals surface area (Å²) in [6, 6.07) is 60.3. The van der Waals surface area contributed by atoms with Gasteiger partial charge in [0, 0.05) is 22.2 Å². The lowest BCUT2D eigenvalue weighted by Gasteiger charge is -2.32. The average molecular weight is 630 g/mol. The van der Waals surface area contributed by atoms with E-state index in [2.05, 4.69) is 196 Å². The Hall–Kier alpha value is -5.66. The molecule has 0 atom stereocenters. The van der Waals surface area contributed by atoms with E-state index < -0.39 is 0 Å². The lowest BCUT2D eigenvalue weighted by Crippen LogP contribution is -2.21. The van der Waals surface area contributed by atoms with Crippen LogP contribution in [0.3, 0.4) is 0 Å². The molecule has 2 aliphatic carbocycles.